The Labute approximate surface area is 129 Å². The minimum absolute atomic E-state index is 0.00870. The molecule has 0 aliphatic heterocycles. The number of aromatic hydroxyl groups is 1. The Morgan fingerprint density at radius 1 is 1.33 bits per heavy atom. The number of hydrogen-bond acceptors (Lipinski definition) is 3. The summed E-state index contributed by atoms with van der Waals surface area (Å²) in [6, 6.07) is 4.15. The highest BCUT2D eigenvalue weighted by atomic mass is 32.1. The molecule has 2 rings (SSSR count). The van der Waals surface area contributed by atoms with Gasteiger partial charge in [0, 0.05) is 11.6 Å². The van der Waals surface area contributed by atoms with Crippen molar-refractivity contribution in [1.82, 2.24) is 10.7 Å². The Morgan fingerprint density at radius 2 is 2.05 bits per heavy atom. The third kappa shape index (κ3) is 4.67. The van der Waals surface area contributed by atoms with Crippen LogP contribution in [0.5, 0.6) is 5.75 Å². The maximum atomic E-state index is 13.2. The highest BCUT2D eigenvalue weighted by Gasteiger charge is 2.13. The molecule has 1 aromatic rings. The van der Waals surface area contributed by atoms with Crippen molar-refractivity contribution in [3.63, 3.8) is 0 Å². The van der Waals surface area contributed by atoms with Crippen LogP contribution in [0.2, 0.25) is 0 Å². The second-order valence-corrected chi connectivity index (χ2v) is 5.69. The first-order valence-electron chi connectivity index (χ1n) is 7.16. The zero-order chi connectivity index (χ0) is 15.2. The van der Waals surface area contributed by atoms with Gasteiger partial charge in [-0.3, -0.25) is 5.43 Å². The molecule has 21 heavy (non-hydrogen) atoms. The molecule has 0 spiro atoms. The lowest BCUT2D eigenvalue weighted by Crippen LogP contribution is -2.41. The van der Waals surface area contributed by atoms with Gasteiger partial charge in [-0.2, -0.15) is 5.10 Å². The number of nitrogens with one attached hydrogen (secondary N) is 2. The van der Waals surface area contributed by atoms with Crippen LogP contribution in [0.1, 0.15) is 44.6 Å². The number of hydrogen-bond donors (Lipinski definition) is 3. The van der Waals surface area contributed by atoms with Crippen LogP contribution in [0, 0.1) is 5.82 Å². The summed E-state index contributed by atoms with van der Waals surface area (Å²) < 4.78 is 13.2. The SMILES string of the molecule is C/C(=N\NC(=S)NC1CCCCC1)c1cc(F)ccc1O. The fourth-order valence-electron chi connectivity index (χ4n) is 2.46. The molecule has 0 radical (unpaired) electrons. The molecule has 0 saturated heterocycles. The van der Waals surface area contributed by atoms with Crippen molar-refractivity contribution in [1.29, 1.82) is 0 Å². The number of halogens is 1. The van der Waals surface area contributed by atoms with Gasteiger partial charge in [0.1, 0.15) is 11.6 Å². The molecule has 1 aliphatic carbocycles. The first-order valence-corrected chi connectivity index (χ1v) is 7.57. The van der Waals surface area contributed by atoms with Gasteiger partial charge < -0.3 is 10.4 Å². The van der Waals surface area contributed by atoms with Crippen molar-refractivity contribution in [2.24, 2.45) is 5.10 Å². The minimum atomic E-state index is -0.416. The Hall–Kier alpha value is -1.69. The van der Waals surface area contributed by atoms with Crippen LogP contribution in [-0.2, 0) is 0 Å². The fraction of sp³-hybridized carbons (Fsp3) is 0.467. The molecular weight excluding hydrogens is 289 g/mol. The van der Waals surface area contributed by atoms with E-state index in [1.54, 1.807) is 6.92 Å². The van der Waals surface area contributed by atoms with Gasteiger partial charge in [-0.15, -0.1) is 0 Å². The quantitative estimate of drug-likeness (QED) is 0.456. The number of phenols is 1. The van der Waals surface area contributed by atoms with Gasteiger partial charge >= 0.3 is 0 Å². The summed E-state index contributed by atoms with van der Waals surface area (Å²) in [6.07, 6.45) is 5.97. The van der Waals surface area contributed by atoms with Crippen molar-refractivity contribution in [2.75, 3.05) is 0 Å². The lowest BCUT2D eigenvalue weighted by molar-refractivity contribution is 0.412. The minimum Gasteiger partial charge on any atom is -0.507 e. The molecule has 0 unspecified atom stereocenters. The van der Waals surface area contributed by atoms with Crippen molar-refractivity contribution in [3.05, 3.63) is 29.6 Å². The predicted molar refractivity (Wildman–Crippen MR) is 86.0 cm³/mol. The largest absolute Gasteiger partial charge is 0.507 e. The molecule has 1 aliphatic rings. The molecule has 1 aromatic carbocycles. The highest BCUT2D eigenvalue weighted by molar-refractivity contribution is 7.80. The van der Waals surface area contributed by atoms with Gasteiger partial charge in [0.2, 0.25) is 0 Å². The van der Waals surface area contributed by atoms with Crippen LogP contribution in [0.3, 0.4) is 0 Å². The van der Waals surface area contributed by atoms with Crippen molar-refractivity contribution in [2.45, 2.75) is 45.1 Å². The summed E-state index contributed by atoms with van der Waals surface area (Å²) in [7, 11) is 0. The van der Waals surface area contributed by atoms with Crippen molar-refractivity contribution >= 4 is 23.0 Å². The van der Waals surface area contributed by atoms with Gasteiger partial charge in [0.25, 0.3) is 0 Å². The maximum absolute atomic E-state index is 13.2. The Morgan fingerprint density at radius 3 is 2.76 bits per heavy atom. The summed E-state index contributed by atoms with van der Waals surface area (Å²) in [5, 5.41) is 17.5. The molecule has 6 heteroatoms. The summed E-state index contributed by atoms with van der Waals surface area (Å²) in [5.41, 5.74) is 3.57. The average Bonchev–Trinajstić information content (AvgIpc) is 2.48. The molecule has 0 heterocycles. The van der Waals surface area contributed by atoms with E-state index in [0.29, 0.717) is 22.4 Å². The monoisotopic (exact) mass is 309 g/mol. The highest BCUT2D eigenvalue weighted by Crippen LogP contribution is 2.19. The van der Waals surface area contributed by atoms with E-state index in [1.165, 1.54) is 37.5 Å². The van der Waals surface area contributed by atoms with E-state index < -0.39 is 5.82 Å². The van der Waals surface area contributed by atoms with Gasteiger partial charge in [-0.1, -0.05) is 19.3 Å². The first-order chi connectivity index (χ1) is 10.1. The molecule has 0 atom stereocenters. The standard InChI is InChI=1S/C15H20FN3OS/c1-10(13-9-11(16)7-8-14(13)20)18-19-15(21)17-12-5-3-2-4-6-12/h7-9,12,20H,2-6H2,1H3,(H2,17,19,21)/b18-10+. The molecule has 3 N–H and O–H groups in total. The molecule has 0 amide bonds. The van der Waals surface area contributed by atoms with Gasteiger partial charge in [0.15, 0.2) is 5.11 Å². The van der Waals surface area contributed by atoms with Crippen LogP contribution in [0.4, 0.5) is 4.39 Å². The van der Waals surface area contributed by atoms with E-state index in [0.717, 1.165) is 12.8 Å². The maximum Gasteiger partial charge on any atom is 0.187 e. The lowest BCUT2D eigenvalue weighted by Gasteiger charge is -2.23. The number of thiocarbonyl (C=S) groups is 1. The summed E-state index contributed by atoms with van der Waals surface area (Å²) in [4.78, 5) is 0. The van der Waals surface area contributed by atoms with Crippen LogP contribution in [0.15, 0.2) is 23.3 Å². The Kier molecular flexibility index (Phi) is 5.50. The third-order valence-corrected chi connectivity index (χ3v) is 3.82. The van der Waals surface area contributed by atoms with E-state index in [2.05, 4.69) is 15.8 Å². The van der Waals surface area contributed by atoms with Gasteiger partial charge in [-0.05, 0) is 50.2 Å². The van der Waals surface area contributed by atoms with E-state index in [9.17, 15) is 9.50 Å². The predicted octanol–water partition coefficient (Wildman–Crippen LogP) is 3.05. The van der Waals surface area contributed by atoms with E-state index in [-0.39, 0.29) is 5.75 Å². The van der Waals surface area contributed by atoms with Gasteiger partial charge in [-0.25, -0.2) is 4.39 Å². The summed E-state index contributed by atoms with van der Waals surface area (Å²) in [5.74, 6) is -0.425. The second-order valence-electron chi connectivity index (χ2n) is 5.28. The Bertz CT molecular complexity index is 542. The molecule has 114 valence electrons. The number of benzene rings is 1. The smallest absolute Gasteiger partial charge is 0.187 e. The van der Waals surface area contributed by atoms with Gasteiger partial charge in [0.05, 0.1) is 5.71 Å². The average molecular weight is 309 g/mol. The zero-order valence-corrected chi connectivity index (χ0v) is 12.8. The van der Waals surface area contributed by atoms with E-state index in [4.69, 9.17) is 12.2 Å². The lowest BCUT2D eigenvalue weighted by atomic mass is 9.96. The van der Waals surface area contributed by atoms with Crippen LogP contribution < -0.4 is 10.7 Å². The van der Waals surface area contributed by atoms with E-state index >= 15 is 0 Å². The third-order valence-electron chi connectivity index (χ3n) is 3.61. The number of hydrazone groups is 1. The molecule has 4 nitrogen and oxygen atoms in total. The normalized spacial score (nSPS) is 16.6. The van der Waals surface area contributed by atoms with Crippen LogP contribution in [-0.4, -0.2) is 22.0 Å². The van der Waals surface area contributed by atoms with E-state index in [1.807, 2.05) is 0 Å². The first kappa shape index (κ1) is 15.7. The molecule has 0 aromatic heterocycles. The summed E-state index contributed by atoms with van der Waals surface area (Å²) in [6.45, 7) is 1.69. The second kappa shape index (κ2) is 7.36. The van der Waals surface area contributed by atoms with Crippen molar-refractivity contribution < 1.29 is 9.50 Å². The fourth-order valence-corrected chi connectivity index (χ4v) is 2.67. The molecule has 1 saturated carbocycles. The number of nitrogens with zero attached hydrogens (tertiary/aromatic N) is 1. The van der Waals surface area contributed by atoms with Crippen molar-refractivity contribution in [3.8, 4) is 5.75 Å². The topological polar surface area (TPSA) is 56.7 Å². The number of phenolic OH excluding ortho intramolecular Hbond substituents is 1. The van der Waals surface area contributed by atoms with Crippen LogP contribution in [0.25, 0.3) is 0 Å². The summed E-state index contributed by atoms with van der Waals surface area (Å²) >= 11 is 5.20. The Balaban J connectivity index is 1.93. The zero-order valence-electron chi connectivity index (χ0n) is 12.0. The number of rotatable bonds is 3. The molecular formula is C15H20FN3OS. The molecule has 1 fully saturated rings. The van der Waals surface area contributed by atoms with Crippen LogP contribution >= 0.6 is 12.2 Å². The molecule has 0 bridgehead atoms.